The Balaban J connectivity index is 2.42. The molecule has 0 aliphatic carbocycles. The lowest BCUT2D eigenvalue weighted by atomic mass is 10.2. The number of nitrogens with zero attached hydrogens (tertiary/aromatic N) is 2. The van der Waals surface area contributed by atoms with E-state index in [1.54, 1.807) is 18.2 Å². The van der Waals surface area contributed by atoms with Crippen molar-refractivity contribution in [2.45, 2.75) is 0 Å². The van der Waals surface area contributed by atoms with E-state index in [2.05, 4.69) is 10.3 Å². The number of benzene rings is 1. The van der Waals surface area contributed by atoms with Crippen LogP contribution in [-0.2, 0) is 0 Å². The van der Waals surface area contributed by atoms with Gasteiger partial charge >= 0.3 is 0 Å². The summed E-state index contributed by atoms with van der Waals surface area (Å²) in [4.78, 5) is 3.86. The summed E-state index contributed by atoms with van der Waals surface area (Å²) >= 11 is 5.87. The Kier molecular flexibility index (Phi) is 3.22. The van der Waals surface area contributed by atoms with E-state index < -0.39 is 5.82 Å². The molecule has 0 fully saturated rings. The Hall–Kier alpha value is -2.12. The molecule has 2 rings (SSSR count). The molecule has 17 heavy (non-hydrogen) atoms. The fourth-order valence-corrected chi connectivity index (χ4v) is 1.56. The lowest BCUT2D eigenvalue weighted by Crippen LogP contribution is -1.98. The molecule has 0 aliphatic heterocycles. The molecule has 0 saturated heterocycles. The number of pyridine rings is 1. The topological polar surface area (TPSA) is 48.7 Å². The average Bonchev–Trinajstić information content (AvgIpc) is 2.34. The lowest BCUT2D eigenvalue weighted by Gasteiger charge is -2.09. The molecule has 2 aromatic rings. The quantitative estimate of drug-likeness (QED) is 0.884. The van der Waals surface area contributed by atoms with Crippen molar-refractivity contribution in [2.24, 2.45) is 0 Å². The highest BCUT2D eigenvalue weighted by molar-refractivity contribution is 6.33. The first kappa shape index (κ1) is 11.4. The van der Waals surface area contributed by atoms with Gasteiger partial charge in [-0.05, 0) is 24.3 Å². The Labute approximate surface area is 102 Å². The van der Waals surface area contributed by atoms with Crippen LogP contribution in [0.25, 0.3) is 0 Å². The number of rotatable bonds is 2. The minimum Gasteiger partial charge on any atom is -0.350 e. The van der Waals surface area contributed by atoms with E-state index in [4.69, 9.17) is 16.9 Å². The Morgan fingerprint density at radius 2 is 2.12 bits per heavy atom. The zero-order chi connectivity index (χ0) is 12.3. The first-order valence-electron chi connectivity index (χ1n) is 4.78. The van der Waals surface area contributed by atoms with Gasteiger partial charge < -0.3 is 5.32 Å². The summed E-state index contributed by atoms with van der Waals surface area (Å²) in [5.41, 5.74) is 0.743. The van der Waals surface area contributed by atoms with E-state index in [9.17, 15) is 4.39 Å². The van der Waals surface area contributed by atoms with Crippen molar-refractivity contribution in [3.8, 4) is 6.07 Å². The number of para-hydroxylation sites is 1. The van der Waals surface area contributed by atoms with Crippen LogP contribution in [-0.4, -0.2) is 4.98 Å². The van der Waals surface area contributed by atoms with Crippen molar-refractivity contribution in [1.29, 1.82) is 5.26 Å². The van der Waals surface area contributed by atoms with Crippen LogP contribution >= 0.6 is 11.6 Å². The summed E-state index contributed by atoms with van der Waals surface area (Å²) < 4.78 is 13.5. The van der Waals surface area contributed by atoms with Gasteiger partial charge in [-0.2, -0.15) is 5.26 Å². The van der Waals surface area contributed by atoms with Crippen molar-refractivity contribution in [3.63, 3.8) is 0 Å². The average molecular weight is 248 g/mol. The van der Waals surface area contributed by atoms with Crippen LogP contribution in [0.3, 0.4) is 0 Å². The molecule has 1 aromatic heterocycles. The predicted molar refractivity (Wildman–Crippen MR) is 63.6 cm³/mol. The van der Waals surface area contributed by atoms with Gasteiger partial charge in [-0.15, -0.1) is 0 Å². The van der Waals surface area contributed by atoms with Crippen LogP contribution in [0.5, 0.6) is 0 Å². The van der Waals surface area contributed by atoms with Crippen LogP contribution in [0, 0.1) is 17.1 Å². The minimum atomic E-state index is -0.481. The van der Waals surface area contributed by atoms with E-state index in [1.807, 2.05) is 6.07 Å². The molecule has 0 radical (unpaired) electrons. The van der Waals surface area contributed by atoms with E-state index in [-0.39, 0.29) is 16.4 Å². The first-order valence-corrected chi connectivity index (χ1v) is 5.16. The zero-order valence-electron chi connectivity index (χ0n) is 8.61. The second-order valence-electron chi connectivity index (χ2n) is 3.23. The summed E-state index contributed by atoms with van der Waals surface area (Å²) in [6.45, 7) is 0. The molecule has 1 aromatic carbocycles. The molecular weight excluding hydrogens is 241 g/mol. The summed E-state index contributed by atoms with van der Waals surface area (Å²) in [5.74, 6) is -0.481. The van der Waals surface area contributed by atoms with Gasteiger partial charge in [-0.25, -0.2) is 9.37 Å². The Bertz CT molecular complexity index is 572. The molecular formula is C12H7ClFN3. The number of nitriles is 1. The molecule has 0 bridgehead atoms. The highest BCUT2D eigenvalue weighted by Gasteiger charge is 2.09. The summed E-state index contributed by atoms with van der Waals surface area (Å²) in [6, 6.07) is 9.56. The van der Waals surface area contributed by atoms with Crippen LogP contribution < -0.4 is 5.32 Å². The maximum Gasteiger partial charge on any atom is 0.163 e. The molecule has 0 spiro atoms. The SMILES string of the molecule is N#Cc1ncccc1Nc1c(F)cccc1Cl. The maximum atomic E-state index is 13.5. The van der Waals surface area contributed by atoms with Gasteiger partial charge in [0.2, 0.25) is 0 Å². The van der Waals surface area contributed by atoms with Crippen molar-refractivity contribution < 1.29 is 4.39 Å². The minimum absolute atomic E-state index is 0.138. The van der Waals surface area contributed by atoms with Crippen LogP contribution in [0.2, 0.25) is 5.02 Å². The normalized spacial score (nSPS) is 9.71. The molecule has 0 unspecified atom stereocenters. The Morgan fingerprint density at radius 1 is 1.29 bits per heavy atom. The van der Waals surface area contributed by atoms with Gasteiger partial charge in [0, 0.05) is 6.20 Å². The molecule has 84 valence electrons. The van der Waals surface area contributed by atoms with E-state index >= 15 is 0 Å². The first-order chi connectivity index (χ1) is 8.22. The van der Waals surface area contributed by atoms with Crippen molar-refractivity contribution in [1.82, 2.24) is 4.98 Å². The van der Waals surface area contributed by atoms with Crippen molar-refractivity contribution in [2.75, 3.05) is 5.32 Å². The van der Waals surface area contributed by atoms with Gasteiger partial charge in [0.15, 0.2) is 5.69 Å². The molecule has 0 atom stereocenters. The monoisotopic (exact) mass is 247 g/mol. The van der Waals surface area contributed by atoms with E-state index in [0.717, 1.165) is 0 Å². The van der Waals surface area contributed by atoms with Gasteiger partial charge in [-0.3, -0.25) is 0 Å². The molecule has 0 aliphatic rings. The number of hydrogen-bond acceptors (Lipinski definition) is 3. The smallest absolute Gasteiger partial charge is 0.163 e. The summed E-state index contributed by atoms with van der Waals surface area (Å²) in [7, 11) is 0. The number of nitrogens with one attached hydrogen (secondary N) is 1. The molecule has 0 amide bonds. The third-order valence-corrected chi connectivity index (χ3v) is 2.45. The maximum absolute atomic E-state index is 13.5. The van der Waals surface area contributed by atoms with Crippen LogP contribution in [0.15, 0.2) is 36.5 Å². The van der Waals surface area contributed by atoms with Crippen molar-refractivity contribution in [3.05, 3.63) is 53.1 Å². The molecule has 1 heterocycles. The fraction of sp³-hybridized carbons (Fsp3) is 0. The standard InChI is InChI=1S/C12H7ClFN3/c13-8-3-1-4-9(14)12(8)17-10-5-2-6-16-11(10)7-15/h1-6,17H. The number of aromatic nitrogens is 1. The lowest BCUT2D eigenvalue weighted by molar-refractivity contribution is 0.632. The van der Waals surface area contributed by atoms with Gasteiger partial charge in [0.05, 0.1) is 16.4 Å². The molecule has 5 heteroatoms. The second kappa shape index (κ2) is 4.81. The predicted octanol–water partition coefficient (Wildman–Crippen LogP) is 3.49. The van der Waals surface area contributed by atoms with Gasteiger partial charge in [0.25, 0.3) is 0 Å². The fourth-order valence-electron chi connectivity index (χ4n) is 1.35. The number of hydrogen-bond donors (Lipinski definition) is 1. The molecule has 3 nitrogen and oxygen atoms in total. The van der Waals surface area contributed by atoms with Crippen molar-refractivity contribution >= 4 is 23.0 Å². The van der Waals surface area contributed by atoms with Gasteiger partial charge in [0.1, 0.15) is 11.9 Å². The third-order valence-electron chi connectivity index (χ3n) is 2.14. The third kappa shape index (κ3) is 2.35. The Morgan fingerprint density at radius 3 is 2.82 bits per heavy atom. The van der Waals surface area contributed by atoms with E-state index in [0.29, 0.717) is 5.69 Å². The van der Waals surface area contributed by atoms with Crippen LogP contribution in [0.1, 0.15) is 5.69 Å². The largest absolute Gasteiger partial charge is 0.350 e. The van der Waals surface area contributed by atoms with Gasteiger partial charge in [-0.1, -0.05) is 17.7 Å². The van der Waals surface area contributed by atoms with Crippen LogP contribution in [0.4, 0.5) is 15.8 Å². The number of halogens is 2. The van der Waals surface area contributed by atoms with E-state index in [1.165, 1.54) is 18.3 Å². The highest BCUT2D eigenvalue weighted by atomic mass is 35.5. The number of anilines is 2. The zero-order valence-corrected chi connectivity index (χ0v) is 9.37. The summed E-state index contributed by atoms with van der Waals surface area (Å²) in [6.07, 6.45) is 1.49. The second-order valence-corrected chi connectivity index (χ2v) is 3.64. The molecule has 1 N–H and O–H groups in total. The molecule has 0 saturated carbocycles. The highest BCUT2D eigenvalue weighted by Crippen LogP contribution is 2.28. The summed E-state index contributed by atoms with van der Waals surface area (Å²) in [5, 5.41) is 11.9.